The van der Waals surface area contributed by atoms with Gasteiger partial charge in [-0.1, -0.05) is 12.1 Å². The summed E-state index contributed by atoms with van der Waals surface area (Å²) in [5, 5.41) is 6.44. The minimum atomic E-state index is -0.948. The zero-order valence-electron chi connectivity index (χ0n) is 22.7. The average molecular weight is 556 g/mol. The van der Waals surface area contributed by atoms with Crippen LogP contribution in [-0.4, -0.2) is 77.2 Å². The molecule has 0 saturated carbocycles. The molecule has 2 heterocycles. The number of hydrogen-bond donors (Lipinski definition) is 7. The van der Waals surface area contributed by atoms with Crippen LogP contribution in [0.5, 0.6) is 0 Å². The maximum Gasteiger partial charge on any atom is 0.243 e. The van der Waals surface area contributed by atoms with E-state index in [-0.39, 0.29) is 31.3 Å². The van der Waals surface area contributed by atoms with Gasteiger partial charge in [0.05, 0.1) is 6.42 Å². The first-order chi connectivity index (χ1) is 19.2. The van der Waals surface area contributed by atoms with Crippen molar-refractivity contribution in [3.05, 3.63) is 36.0 Å². The monoisotopic (exact) mass is 555 g/mol. The van der Waals surface area contributed by atoms with E-state index in [0.717, 1.165) is 16.5 Å². The van der Waals surface area contributed by atoms with E-state index in [1.807, 2.05) is 30.5 Å². The van der Waals surface area contributed by atoms with Crippen LogP contribution in [0.4, 0.5) is 0 Å². The Morgan fingerprint density at radius 3 is 2.52 bits per heavy atom. The van der Waals surface area contributed by atoms with E-state index in [2.05, 4.69) is 20.6 Å². The Hall–Kier alpha value is -4.13. The highest BCUT2D eigenvalue weighted by molar-refractivity contribution is 5.95. The predicted octanol–water partition coefficient (Wildman–Crippen LogP) is -0.661. The molecule has 1 aromatic carbocycles. The summed E-state index contributed by atoms with van der Waals surface area (Å²) < 4.78 is 0. The zero-order chi connectivity index (χ0) is 29.1. The van der Waals surface area contributed by atoms with Gasteiger partial charge in [0.15, 0.2) is 5.96 Å². The third kappa shape index (κ3) is 8.43. The van der Waals surface area contributed by atoms with Crippen molar-refractivity contribution in [3.63, 3.8) is 0 Å². The summed E-state index contributed by atoms with van der Waals surface area (Å²) in [5.74, 6) is -1.84. The standard InChI is InChI=1S/C27H41N9O4/c28-12-2-1-7-21(25(39)34-20(24(29)38)9-4-13-33-27(30)31)35-26(40)22-10-5-15-36(22)23(37)16-17-6-3-8-19-18(17)11-14-32-19/h3,6,8,11,14,20-22,32H,1-2,4-5,7,9-10,12-13,15-16,28H2,(H2,29,38)(H,34,39)(H,35,40)(H4,30,31,33)/t20-,21-,22-/m0/s1. The number of carbonyl (C=O) groups excluding carboxylic acids is 4. The number of unbranched alkanes of at least 4 members (excludes halogenated alkanes) is 1. The molecule has 4 amide bonds. The molecule has 218 valence electrons. The molecule has 3 rings (SSSR count). The summed E-state index contributed by atoms with van der Waals surface area (Å²) in [6.45, 7) is 1.18. The number of likely N-dealkylation sites (tertiary alicyclic amines) is 1. The minimum Gasteiger partial charge on any atom is -0.370 e. The Morgan fingerprint density at radius 2 is 1.80 bits per heavy atom. The van der Waals surface area contributed by atoms with Gasteiger partial charge in [0.25, 0.3) is 0 Å². The predicted molar refractivity (Wildman–Crippen MR) is 153 cm³/mol. The van der Waals surface area contributed by atoms with Crippen LogP contribution in [0.15, 0.2) is 35.5 Å². The highest BCUT2D eigenvalue weighted by atomic mass is 16.2. The number of nitrogens with one attached hydrogen (secondary N) is 3. The van der Waals surface area contributed by atoms with E-state index in [4.69, 9.17) is 22.9 Å². The van der Waals surface area contributed by atoms with Gasteiger partial charge < -0.3 is 43.5 Å². The molecule has 1 aromatic heterocycles. The molecule has 2 aromatic rings. The SMILES string of the molecule is NCCCC[C@H](NC(=O)[C@@H]1CCCN1C(=O)Cc1cccc2[nH]ccc12)C(=O)N[C@@H](CCCN=C(N)N)C(N)=O. The van der Waals surface area contributed by atoms with E-state index in [0.29, 0.717) is 51.6 Å². The normalized spacial score (nSPS) is 16.3. The summed E-state index contributed by atoms with van der Waals surface area (Å²) in [6.07, 6.45) is 5.41. The minimum absolute atomic E-state index is 0.0664. The largest absolute Gasteiger partial charge is 0.370 e. The Bertz CT molecular complexity index is 1210. The highest BCUT2D eigenvalue weighted by Crippen LogP contribution is 2.23. The third-order valence-corrected chi connectivity index (χ3v) is 7.09. The topological polar surface area (TPSA) is 228 Å². The lowest BCUT2D eigenvalue weighted by Crippen LogP contribution is -2.56. The molecule has 11 N–H and O–H groups in total. The summed E-state index contributed by atoms with van der Waals surface area (Å²) >= 11 is 0. The number of aromatic nitrogens is 1. The van der Waals surface area contributed by atoms with E-state index in [1.54, 1.807) is 4.90 Å². The molecule has 1 aliphatic heterocycles. The molecule has 0 bridgehead atoms. The third-order valence-electron chi connectivity index (χ3n) is 7.09. The number of rotatable bonds is 15. The van der Waals surface area contributed by atoms with Crippen LogP contribution in [0.25, 0.3) is 10.9 Å². The fourth-order valence-electron chi connectivity index (χ4n) is 5.00. The van der Waals surface area contributed by atoms with Crippen LogP contribution in [0.2, 0.25) is 0 Å². The molecular formula is C27H41N9O4. The quantitative estimate of drug-likeness (QED) is 0.0851. The maximum atomic E-state index is 13.4. The number of aliphatic imine (C=N–C) groups is 1. The smallest absolute Gasteiger partial charge is 0.243 e. The van der Waals surface area contributed by atoms with Crippen molar-refractivity contribution < 1.29 is 19.2 Å². The number of primary amides is 1. The van der Waals surface area contributed by atoms with Gasteiger partial charge in [-0.25, -0.2) is 0 Å². The first-order valence-electron chi connectivity index (χ1n) is 13.7. The molecule has 0 radical (unpaired) electrons. The van der Waals surface area contributed by atoms with E-state index in [9.17, 15) is 19.2 Å². The first kappa shape index (κ1) is 30.4. The van der Waals surface area contributed by atoms with Crippen molar-refractivity contribution in [2.45, 2.75) is 69.5 Å². The van der Waals surface area contributed by atoms with Gasteiger partial charge in [0.1, 0.15) is 18.1 Å². The first-order valence-corrected chi connectivity index (χ1v) is 13.7. The lowest BCUT2D eigenvalue weighted by molar-refractivity contribution is -0.139. The Kier molecular flexibility index (Phi) is 11.3. The van der Waals surface area contributed by atoms with Crippen molar-refractivity contribution >= 4 is 40.5 Å². The van der Waals surface area contributed by atoms with Crippen LogP contribution in [0, 0.1) is 0 Å². The summed E-state index contributed by atoms with van der Waals surface area (Å²) in [4.78, 5) is 60.4. The van der Waals surface area contributed by atoms with Gasteiger partial charge in [0.2, 0.25) is 23.6 Å². The van der Waals surface area contributed by atoms with Crippen LogP contribution in [0.1, 0.15) is 50.5 Å². The molecule has 1 saturated heterocycles. The fraction of sp³-hybridized carbons (Fsp3) is 0.519. The second-order valence-electron chi connectivity index (χ2n) is 10.0. The Labute approximate surface area is 233 Å². The van der Waals surface area contributed by atoms with Gasteiger partial charge in [-0.3, -0.25) is 24.2 Å². The molecule has 1 aliphatic rings. The van der Waals surface area contributed by atoms with E-state index in [1.165, 1.54) is 0 Å². The van der Waals surface area contributed by atoms with Gasteiger partial charge in [-0.2, -0.15) is 0 Å². The lowest BCUT2D eigenvalue weighted by atomic mass is 10.0. The summed E-state index contributed by atoms with van der Waals surface area (Å²) in [5.41, 5.74) is 23.6. The van der Waals surface area contributed by atoms with Crippen molar-refractivity contribution in [3.8, 4) is 0 Å². The second-order valence-corrected chi connectivity index (χ2v) is 10.0. The number of hydrogen-bond acceptors (Lipinski definition) is 6. The molecule has 40 heavy (non-hydrogen) atoms. The van der Waals surface area contributed by atoms with Crippen LogP contribution >= 0.6 is 0 Å². The Balaban J connectivity index is 1.65. The number of benzene rings is 1. The number of H-pyrrole nitrogens is 1. The van der Waals surface area contributed by atoms with Crippen molar-refractivity contribution in [1.29, 1.82) is 0 Å². The Morgan fingerprint density at radius 1 is 1.02 bits per heavy atom. The average Bonchev–Trinajstić information content (AvgIpc) is 3.60. The highest BCUT2D eigenvalue weighted by Gasteiger charge is 2.36. The molecule has 0 aliphatic carbocycles. The summed E-state index contributed by atoms with van der Waals surface area (Å²) in [7, 11) is 0. The van der Waals surface area contributed by atoms with Gasteiger partial charge in [-0.15, -0.1) is 0 Å². The molecule has 0 spiro atoms. The maximum absolute atomic E-state index is 13.4. The molecule has 3 atom stereocenters. The van der Waals surface area contributed by atoms with Crippen molar-refractivity contribution in [2.24, 2.45) is 27.9 Å². The zero-order valence-corrected chi connectivity index (χ0v) is 22.7. The number of carbonyl (C=O) groups is 4. The summed E-state index contributed by atoms with van der Waals surface area (Å²) in [6, 6.07) is 5.12. The van der Waals surface area contributed by atoms with Crippen LogP contribution in [0.3, 0.4) is 0 Å². The number of amides is 4. The van der Waals surface area contributed by atoms with Gasteiger partial charge in [0, 0.05) is 30.2 Å². The number of guanidine groups is 1. The van der Waals surface area contributed by atoms with Gasteiger partial charge in [-0.05, 0) is 69.2 Å². The fourth-order valence-corrected chi connectivity index (χ4v) is 5.00. The second kappa shape index (κ2) is 14.9. The molecule has 13 heteroatoms. The number of aromatic amines is 1. The number of nitrogens with zero attached hydrogens (tertiary/aromatic N) is 2. The number of nitrogens with two attached hydrogens (primary N) is 4. The van der Waals surface area contributed by atoms with E-state index >= 15 is 0 Å². The van der Waals surface area contributed by atoms with Crippen molar-refractivity contribution in [2.75, 3.05) is 19.6 Å². The molecule has 1 fully saturated rings. The lowest BCUT2D eigenvalue weighted by Gasteiger charge is -2.27. The number of fused-ring (bicyclic) bond motifs is 1. The van der Waals surface area contributed by atoms with Crippen LogP contribution in [-0.2, 0) is 25.6 Å². The van der Waals surface area contributed by atoms with Crippen molar-refractivity contribution in [1.82, 2.24) is 20.5 Å². The molecule has 13 nitrogen and oxygen atoms in total. The molecular weight excluding hydrogens is 514 g/mol. The van der Waals surface area contributed by atoms with Gasteiger partial charge >= 0.3 is 0 Å². The molecule has 0 unspecified atom stereocenters. The van der Waals surface area contributed by atoms with Crippen LogP contribution < -0.4 is 33.6 Å². The van der Waals surface area contributed by atoms with E-state index < -0.39 is 35.8 Å².